The monoisotopic (exact) mass is 551 g/mol. The van der Waals surface area contributed by atoms with Gasteiger partial charge in [-0.1, -0.05) is 109 Å². The third-order valence-corrected chi connectivity index (χ3v) is 6.50. The molecular weight excluding hydrogens is 518 g/mol. The van der Waals surface area contributed by atoms with Crippen LogP contribution >= 0.6 is 0 Å². The minimum atomic E-state index is -0.937. The molecule has 1 atom stereocenters. The number of nitrogens with two attached hydrogens (primary N) is 1. The molecule has 4 aromatic carbocycles. The van der Waals surface area contributed by atoms with Gasteiger partial charge in [-0.25, -0.2) is 10.5 Å². The molecule has 9 heteroatoms. The highest BCUT2D eigenvalue weighted by atomic mass is 16.7. The van der Waals surface area contributed by atoms with E-state index in [0.29, 0.717) is 17.2 Å². The summed E-state index contributed by atoms with van der Waals surface area (Å²) >= 11 is 0. The van der Waals surface area contributed by atoms with E-state index >= 15 is 0 Å². The lowest BCUT2D eigenvalue weighted by atomic mass is 9.99. The van der Waals surface area contributed by atoms with Crippen molar-refractivity contribution < 1.29 is 19.6 Å². The quantitative estimate of drug-likeness (QED) is 0.0969. The smallest absolute Gasteiger partial charge is 0.293 e. The van der Waals surface area contributed by atoms with Crippen molar-refractivity contribution in [2.24, 2.45) is 5.73 Å². The molecule has 0 fully saturated rings. The number of nitrogens with zero attached hydrogens (tertiary/aromatic N) is 1. The van der Waals surface area contributed by atoms with Crippen molar-refractivity contribution in [3.05, 3.63) is 120 Å². The molecule has 0 saturated heterocycles. The third kappa shape index (κ3) is 7.93. The normalized spacial score (nSPS) is 11.5. The number of nitrogens with one attached hydrogen (secondary N) is 3. The molecular formula is C32H33N5O4. The van der Waals surface area contributed by atoms with Gasteiger partial charge in [0.1, 0.15) is 18.4 Å². The number of amides is 2. The molecule has 4 rings (SSSR count). The van der Waals surface area contributed by atoms with Gasteiger partial charge in [0, 0.05) is 13.1 Å². The van der Waals surface area contributed by atoms with E-state index in [9.17, 15) is 14.8 Å². The summed E-state index contributed by atoms with van der Waals surface area (Å²) in [6.07, 6.45) is 0. The lowest BCUT2D eigenvalue weighted by Gasteiger charge is -2.19. The van der Waals surface area contributed by atoms with Crippen LogP contribution < -0.4 is 16.5 Å². The Labute approximate surface area is 239 Å². The Hall–Kier alpha value is -4.67. The first-order valence-electron chi connectivity index (χ1n) is 13.2. The highest BCUT2D eigenvalue weighted by Crippen LogP contribution is 2.25. The first-order chi connectivity index (χ1) is 20.0. The van der Waals surface area contributed by atoms with E-state index in [-0.39, 0.29) is 13.1 Å². The van der Waals surface area contributed by atoms with Gasteiger partial charge in [0.25, 0.3) is 11.8 Å². The Bertz CT molecular complexity index is 1460. The first-order valence-corrected chi connectivity index (χ1v) is 13.2. The zero-order chi connectivity index (χ0) is 29.0. The molecule has 9 nitrogen and oxygen atoms in total. The van der Waals surface area contributed by atoms with Gasteiger partial charge in [-0.3, -0.25) is 25.0 Å². The second-order valence-electron chi connectivity index (χ2n) is 9.31. The second kappa shape index (κ2) is 14.6. The lowest BCUT2D eigenvalue weighted by Crippen LogP contribution is -2.49. The van der Waals surface area contributed by atoms with Crippen LogP contribution in [0.4, 0.5) is 0 Å². The molecule has 41 heavy (non-hydrogen) atoms. The Morgan fingerprint density at radius 2 is 1.32 bits per heavy atom. The summed E-state index contributed by atoms with van der Waals surface area (Å²) in [6, 6.07) is 34.0. The number of hydroxylamine groups is 3. The van der Waals surface area contributed by atoms with Crippen LogP contribution in [0.25, 0.3) is 22.3 Å². The Morgan fingerprint density at radius 1 is 0.805 bits per heavy atom. The van der Waals surface area contributed by atoms with Gasteiger partial charge in [-0.2, -0.15) is 0 Å². The molecule has 0 saturated carbocycles. The van der Waals surface area contributed by atoms with E-state index in [1.165, 1.54) is 0 Å². The van der Waals surface area contributed by atoms with Gasteiger partial charge in [-0.15, -0.1) is 0 Å². The van der Waals surface area contributed by atoms with Crippen LogP contribution in [-0.4, -0.2) is 47.0 Å². The van der Waals surface area contributed by atoms with E-state index in [1.807, 2.05) is 103 Å². The van der Waals surface area contributed by atoms with Crippen molar-refractivity contribution in [2.45, 2.75) is 19.1 Å². The van der Waals surface area contributed by atoms with Gasteiger partial charge in [0.05, 0.1) is 6.54 Å². The molecule has 0 heterocycles. The molecule has 0 unspecified atom stereocenters. The number of carbonyl (C=O) groups excluding carboxylic acids is 2. The predicted molar refractivity (Wildman–Crippen MR) is 158 cm³/mol. The van der Waals surface area contributed by atoms with Gasteiger partial charge < -0.3 is 11.1 Å². The Kier molecular flexibility index (Phi) is 10.5. The topological polar surface area (TPSA) is 141 Å². The fraction of sp³-hybridized carbons (Fsp3) is 0.156. The van der Waals surface area contributed by atoms with E-state index in [2.05, 4.69) is 10.8 Å². The summed E-state index contributed by atoms with van der Waals surface area (Å²) in [4.78, 5) is 30.4. The number of hydrogen-bond donors (Lipinski definition) is 5. The second-order valence-corrected chi connectivity index (χ2v) is 9.31. The average Bonchev–Trinajstić information content (AvgIpc) is 3.02. The van der Waals surface area contributed by atoms with Gasteiger partial charge in [0.2, 0.25) is 0 Å². The zero-order valence-electron chi connectivity index (χ0n) is 22.5. The summed E-state index contributed by atoms with van der Waals surface area (Å²) in [5.41, 5.74) is 13.2. The highest BCUT2D eigenvalue weighted by molar-refractivity contribution is 6.37. The molecule has 0 aliphatic rings. The van der Waals surface area contributed by atoms with E-state index in [4.69, 9.17) is 16.0 Å². The van der Waals surface area contributed by atoms with Crippen LogP contribution in [-0.2, 0) is 27.5 Å². The maximum atomic E-state index is 12.7. The minimum Gasteiger partial charge on any atom is -0.328 e. The lowest BCUT2D eigenvalue weighted by molar-refractivity contribution is -0.160. The summed E-state index contributed by atoms with van der Waals surface area (Å²) in [6.45, 7) is -0.263. The highest BCUT2D eigenvalue weighted by Gasteiger charge is 2.21. The molecule has 0 bridgehead atoms. The van der Waals surface area contributed by atoms with Crippen LogP contribution in [0.2, 0.25) is 0 Å². The van der Waals surface area contributed by atoms with Crippen molar-refractivity contribution >= 4 is 17.5 Å². The third-order valence-electron chi connectivity index (χ3n) is 6.50. The van der Waals surface area contributed by atoms with E-state index < -0.39 is 30.2 Å². The van der Waals surface area contributed by atoms with Gasteiger partial charge in [0.15, 0.2) is 0 Å². The van der Waals surface area contributed by atoms with E-state index in [0.717, 1.165) is 27.8 Å². The van der Waals surface area contributed by atoms with Crippen LogP contribution in [0.5, 0.6) is 0 Å². The van der Waals surface area contributed by atoms with Crippen LogP contribution in [0.1, 0.15) is 11.1 Å². The molecule has 0 aliphatic heterocycles. The predicted octanol–water partition coefficient (Wildman–Crippen LogP) is 3.92. The molecule has 210 valence electrons. The zero-order valence-corrected chi connectivity index (χ0v) is 22.5. The number of hydrogen-bond acceptors (Lipinski definition) is 7. The van der Waals surface area contributed by atoms with Crippen molar-refractivity contribution in [3.8, 4) is 22.3 Å². The van der Waals surface area contributed by atoms with Crippen LogP contribution in [0.3, 0.4) is 0 Å². The van der Waals surface area contributed by atoms with Crippen molar-refractivity contribution in [2.75, 3.05) is 13.2 Å². The molecule has 2 amide bonds. The Balaban J connectivity index is 1.27. The molecule has 6 N–H and O–H groups in total. The fourth-order valence-corrected chi connectivity index (χ4v) is 4.35. The van der Waals surface area contributed by atoms with Gasteiger partial charge >= 0.3 is 0 Å². The van der Waals surface area contributed by atoms with Crippen molar-refractivity contribution in [3.63, 3.8) is 0 Å². The minimum absolute atomic E-state index is 0.00428. The molecule has 0 aromatic heterocycles. The summed E-state index contributed by atoms with van der Waals surface area (Å²) in [7, 11) is 0. The maximum absolute atomic E-state index is 12.7. The fourth-order valence-electron chi connectivity index (χ4n) is 4.35. The van der Waals surface area contributed by atoms with Crippen molar-refractivity contribution in [1.82, 2.24) is 15.9 Å². The standard InChI is InChI=1S/C32H33N5O4/c33-19-30(35-20-25-15-7-9-17-27(25)23-11-3-1-4-12-23)31(38)36-41-22-29(34)32(39)37(40)21-26-16-8-10-18-28(26)24-13-5-2-6-14-24/h1-18,30,34-35,40H,19-22,33H2,(H,36,38)/t30-/m0/s1. The summed E-state index contributed by atoms with van der Waals surface area (Å²) < 4.78 is 0. The Morgan fingerprint density at radius 3 is 1.90 bits per heavy atom. The number of rotatable bonds is 13. The molecule has 0 radical (unpaired) electrons. The largest absolute Gasteiger partial charge is 0.328 e. The maximum Gasteiger partial charge on any atom is 0.293 e. The van der Waals surface area contributed by atoms with E-state index in [1.54, 1.807) is 6.07 Å². The first kappa shape index (κ1) is 29.3. The molecule has 0 spiro atoms. The number of carbonyl (C=O) groups is 2. The summed E-state index contributed by atoms with van der Waals surface area (Å²) in [5, 5.41) is 22.0. The van der Waals surface area contributed by atoms with Crippen LogP contribution in [0.15, 0.2) is 109 Å². The molecule has 0 aliphatic carbocycles. The van der Waals surface area contributed by atoms with Gasteiger partial charge in [-0.05, 0) is 33.4 Å². The SMILES string of the molecule is N=C(CONC(=O)[C@H](CN)NCc1ccccc1-c1ccccc1)C(=O)N(O)Cc1ccccc1-c1ccccc1. The number of benzene rings is 4. The van der Waals surface area contributed by atoms with Crippen molar-refractivity contribution in [1.29, 1.82) is 5.41 Å². The molecule has 4 aromatic rings. The van der Waals surface area contributed by atoms with Crippen LogP contribution in [0, 0.1) is 5.41 Å². The average molecular weight is 552 g/mol. The summed E-state index contributed by atoms with van der Waals surface area (Å²) in [5.74, 6) is -1.48.